The molecule has 1 aromatic carbocycles. The molecule has 2 N–H and O–H groups in total. The number of rotatable bonds is 5. The summed E-state index contributed by atoms with van der Waals surface area (Å²) in [5.41, 5.74) is 2.01. The Kier molecular flexibility index (Phi) is 3.58. The van der Waals surface area contributed by atoms with Crippen LogP contribution < -0.4 is 5.32 Å². The van der Waals surface area contributed by atoms with E-state index in [-0.39, 0.29) is 6.42 Å². The van der Waals surface area contributed by atoms with E-state index in [0.29, 0.717) is 6.42 Å². The summed E-state index contributed by atoms with van der Waals surface area (Å²) in [4.78, 5) is 14.9. The fourth-order valence-electron chi connectivity index (χ4n) is 1.60. The monoisotopic (exact) mass is 250 g/mol. The van der Waals surface area contributed by atoms with Crippen LogP contribution in [0.1, 0.15) is 18.9 Å². The van der Waals surface area contributed by atoms with Crippen LogP contribution in [0.3, 0.4) is 0 Å². The number of carboxylic acid groups (broad SMARTS) is 1. The van der Waals surface area contributed by atoms with Crippen LogP contribution in [0, 0.1) is 0 Å². The van der Waals surface area contributed by atoms with Gasteiger partial charge in [-0.2, -0.15) is 0 Å². The van der Waals surface area contributed by atoms with Crippen LogP contribution in [0.2, 0.25) is 0 Å². The molecule has 0 saturated carbocycles. The minimum absolute atomic E-state index is 0.171. The minimum Gasteiger partial charge on any atom is -0.481 e. The molecule has 2 aromatic rings. The van der Waals surface area contributed by atoms with Gasteiger partial charge in [-0.15, -0.1) is 0 Å². The average Bonchev–Trinajstić information content (AvgIpc) is 2.68. The molecule has 0 bridgehead atoms. The number of aliphatic carboxylic acids is 1. The molecule has 0 aliphatic heterocycles. The van der Waals surface area contributed by atoms with Crippen LogP contribution in [0.4, 0.5) is 5.13 Å². The number of carboxylic acids is 1. The van der Waals surface area contributed by atoms with Crippen molar-refractivity contribution in [2.75, 3.05) is 11.9 Å². The first-order chi connectivity index (χ1) is 8.19. The van der Waals surface area contributed by atoms with Crippen molar-refractivity contribution < 1.29 is 9.90 Å². The van der Waals surface area contributed by atoms with Crippen molar-refractivity contribution in [1.82, 2.24) is 4.98 Å². The maximum Gasteiger partial charge on any atom is 0.303 e. The number of nitrogens with zero attached hydrogens (tertiary/aromatic N) is 1. The van der Waals surface area contributed by atoms with E-state index >= 15 is 0 Å². The first-order valence-corrected chi connectivity index (χ1v) is 6.36. The first kappa shape index (κ1) is 11.9. The van der Waals surface area contributed by atoms with Gasteiger partial charge in [0.1, 0.15) is 0 Å². The molecular formula is C12H14N2O2S. The quantitative estimate of drug-likeness (QED) is 0.856. The largest absolute Gasteiger partial charge is 0.481 e. The Bertz CT molecular complexity index is 536. The van der Waals surface area contributed by atoms with Crippen LogP contribution in [-0.2, 0) is 11.2 Å². The lowest BCUT2D eigenvalue weighted by Gasteiger charge is -1.97. The molecule has 2 rings (SSSR count). The van der Waals surface area contributed by atoms with Crippen molar-refractivity contribution in [3.63, 3.8) is 0 Å². The van der Waals surface area contributed by atoms with Crippen molar-refractivity contribution >= 4 is 32.7 Å². The van der Waals surface area contributed by atoms with Gasteiger partial charge in [-0.1, -0.05) is 17.4 Å². The zero-order valence-corrected chi connectivity index (χ0v) is 10.4. The fourth-order valence-corrected chi connectivity index (χ4v) is 2.60. The SMILES string of the molecule is CCNc1nc2ccc(CCC(=O)O)cc2s1. The van der Waals surface area contributed by atoms with Crippen molar-refractivity contribution in [3.05, 3.63) is 23.8 Å². The molecule has 0 aliphatic carbocycles. The highest BCUT2D eigenvalue weighted by Crippen LogP contribution is 2.26. The Hall–Kier alpha value is -1.62. The van der Waals surface area contributed by atoms with Crippen molar-refractivity contribution in [2.45, 2.75) is 19.8 Å². The van der Waals surface area contributed by atoms with Gasteiger partial charge in [0.05, 0.1) is 10.2 Å². The van der Waals surface area contributed by atoms with Crippen LogP contribution in [0.25, 0.3) is 10.2 Å². The van der Waals surface area contributed by atoms with Crippen molar-refractivity contribution in [2.24, 2.45) is 0 Å². The Morgan fingerprint density at radius 2 is 2.35 bits per heavy atom. The molecule has 0 fully saturated rings. The van der Waals surface area contributed by atoms with E-state index in [1.807, 2.05) is 25.1 Å². The number of hydrogen-bond acceptors (Lipinski definition) is 4. The highest BCUT2D eigenvalue weighted by Gasteiger charge is 2.05. The molecule has 0 unspecified atom stereocenters. The van der Waals surface area contributed by atoms with E-state index in [0.717, 1.165) is 27.5 Å². The number of anilines is 1. The molecular weight excluding hydrogens is 236 g/mol. The van der Waals surface area contributed by atoms with Gasteiger partial charge >= 0.3 is 5.97 Å². The van der Waals surface area contributed by atoms with Crippen LogP contribution in [-0.4, -0.2) is 22.6 Å². The van der Waals surface area contributed by atoms with Crippen LogP contribution >= 0.6 is 11.3 Å². The Morgan fingerprint density at radius 1 is 1.53 bits per heavy atom. The van der Waals surface area contributed by atoms with E-state index in [2.05, 4.69) is 10.3 Å². The third-order valence-electron chi connectivity index (χ3n) is 2.41. The number of hydrogen-bond donors (Lipinski definition) is 2. The standard InChI is InChI=1S/C12H14N2O2S/c1-2-13-12-14-9-5-3-8(4-6-11(15)16)7-10(9)17-12/h3,5,7H,2,4,6H2,1H3,(H,13,14)(H,15,16). The Morgan fingerprint density at radius 3 is 3.06 bits per heavy atom. The van der Waals surface area contributed by atoms with E-state index in [1.165, 1.54) is 0 Å². The van der Waals surface area contributed by atoms with Crippen molar-refractivity contribution in [3.8, 4) is 0 Å². The lowest BCUT2D eigenvalue weighted by molar-refractivity contribution is -0.136. The van der Waals surface area contributed by atoms with Crippen molar-refractivity contribution in [1.29, 1.82) is 0 Å². The highest BCUT2D eigenvalue weighted by atomic mass is 32.1. The number of benzene rings is 1. The molecule has 0 radical (unpaired) electrons. The molecule has 1 heterocycles. The summed E-state index contributed by atoms with van der Waals surface area (Å²) in [5, 5.41) is 12.7. The number of aryl methyl sites for hydroxylation is 1. The summed E-state index contributed by atoms with van der Waals surface area (Å²) in [6.45, 7) is 2.88. The second-order valence-electron chi connectivity index (χ2n) is 3.75. The molecule has 0 amide bonds. The second kappa shape index (κ2) is 5.14. The third kappa shape index (κ3) is 2.94. The number of nitrogens with one attached hydrogen (secondary N) is 1. The lowest BCUT2D eigenvalue weighted by atomic mass is 10.1. The Balaban J connectivity index is 2.20. The van der Waals surface area contributed by atoms with Gasteiger partial charge in [-0.25, -0.2) is 4.98 Å². The number of fused-ring (bicyclic) bond motifs is 1. The average molecular weight is 250 g/mol. The highest BCUT2D eigenvalue weighted by molar-refractivity contribution is 7.22. The van der Waals surface area contributed by atoms with Gasteiger partial charge in [0.15, 0.2) is 5.13 Å². The zero-order chi connectivity index (χ0) is 12.3. The number of carbonyl (C=O) groups is 1. The summed E-state index contributed by atoms with van der Waals surface area (Å²) < 4.78 is 1.10. The smallest absolute Gasteiger partial charge is 0.303 e. The maximum absolute atomic E-state index is 10.5. The molecule has 5 heteroatoms. The predicted octanol–water partition coefficient (Wildman–Crippen LogP) is 2.75. The molecule has 0 atom stereocenters. The summed E-state index contributed by atoms with van der Waals surface area (Å²) in [6, 6.07) is 5.92. The molecule has 17 heavy (non-hydrogen) atoms. The van der Waals surface area contributed by atoms with Gasteiger partial charge in [0.2, 0.25) is 0 Å². The molecule has 4 nitrogen and oxygen atoms in total. The Labute approximate surface area is 103 Å². The van der Waals surface area contributed by atoms with Crippen LogP contribution in [0.15, 0.2) is 18.2 Å². The minimum atomic E-state index is -0.761. The molecule has 1 aromatic heterocycles. The summed E-state index contributed by atoms with van der Waals surface area (Å²) in [6.07, 6.45) is 0.740. The zero-order valence-electron chi connectivity index (χ0n) is 9.56. The van der Waals surface area contributed by atoms with Gasteiger partial charge in [0.25, 0.3) is 0 Å². The van der Waals surface area contributed by atoms with E-state index < -0.39 is 5.97 Å². The fraction of sp³-hybridized carbons (Fsp3) is 0.333. The van der Waals surface area contributed by atoms with Crippen LogP contribution in [0.5, 0.6) is 0 Å². The van der Waals surface area contributed by atoms with Gasteiger partial charge in [-0.3, -0.25) is 4.79 Å². The second-order valence-corrected chi connectivity index (χ2v) is 4.78. The predicted molar refractivity (Wildman–Crippen MR) is 69.7 cm³/mol. The lowest BCUT2D eigenvalue weighted by Crippen LogP contribution is -1.96. The molecule has 0 spiro atoms. The number of thiazole rings is 1. The normalized spacial score (nSPS) is 10.6. The maximum atomic E-state index is 10.5. The van der Waals surface area contributed by atoms with Gasteiger partial charge in [-0.05, 0) is 31.0 Å². The van der Waals surface area contributed by atoms with E-state index in [1.54, 1.807) is 11.3 Å². The first-order valence-electron chi connectivity index (χ1n) is 5.54. The van der Waals surface area contributed by atoms with E-state index in [9.17, 15) is 4.79 Å². The third-order valence-corrected chi connectivity index (χ3v) is 3.38. The molecule has 0 saturated heterocycles. The van der Waals surface area contributed by atoms with Gasteiger partial charge < -0.3 is 10.4 Å². The topological polar surface area (TPSA) is 62.2 Å². The molecule has 0 aliphatic rings. The van der Waals surface area contributed by atoms with Gasteiger partial charge in [0, 0.05) is 13.0 Å². The summed E-state index contributed by atoms with van der Waals surface area (Å²) in [7, 11) is 0. The molecule has 90 valence electrons. The summed E-state index contributed by atoms with van der Waals surface area (Å²) in [5.74, 6) is -0.761. The van der Waals surface area contributed by atoms with E-state index in [4.69, 9.17) is 5.11 Å². The number of aromatic nitrogens is 1. The summed E-state index contributed by atoms with van der Waals surface area (Å²) >= 11 is 1.60.